The Hall–Kier alpha value is -1.72. The molecule has 1 aliphatic carbocycles. The SMILES string of the molecule is O=C(C1CCC1)N1CC[C@@H](Oc2ncc(F)cn2)C1. The Morgan fingerprint density at radius 3 is 2.68 bits per heavy atom. The van der Waals surface area contributed by atoms with Crippen molar-refractivity contribution in [1.82, 2.24) is 14.9 Å². The van der Waals surface area contributed by atoms with Crippen molar-refractivity contribution in [3.05, 3.63) is 18.2 Å². The zero-order valence-corrected chi connectivity index (χ0v) is 10.6. The second-order valence-corrected chi connectivity index (χ2v) is 5.12. The number of hydrogen-bond donors (Lipinski definition) is 0. The van der Waals surface area contributed by atoms with E-state index < -0.39 is 5.82 Å². The van der Waals surface area contributed by atoms with E-state index in [4.69, 9.17) is 4.74 Å². The van der Waals surface area contributed by atoms with Gasteiger partial charge in [-0.3, -0.25) is 4.79 Å². The van der Waals surface area contributed by atoms with Crippen LogP contribution in [-0.2, 0) is 4.79 Å². The van der Waals surface area contributed by atoms with Crippen molar-refractivity contribution >= 4 is 5.91 Å². The standard InChI is InChI=1S/C13H16FN3O2/c14-10-6-15-13(16-7-10)19-11-4-5-17(8-11)12(18)9-2-1-3-9/h6-7,9,11H,1-5,8H2/t11-/m1/s1. The number of likely N-dealkylation sites (tertiary alicyclic amines) is 1. The third-order valence-electron chi connectivity index (χ3n) is 3.78. The number of carbonyl (C=O) groups is 1. The van der Waals surface area contributed by atoms with Crippen molar-refractivity contribution in [3.8, 4) is 6.01 Å². The molecule has 102 valence electrons. The van der Waals surface area contributed by atoms with Crippen molar-refractivity contribution in [1.29, 1.82) is 0 Å². The number of ether oxygens (including phenoxy) is 1. The summed E-state index contributed by atoms with van der Waals surface area (Å²) in [6, 6.07) is 0.171. The van der Waals surface area contributed by atoms with Gasteiger partial charge in [-0.05, 0) is 12.8 Å². The van der Waals surface area contributed by atoms with Gasteiger partial charge in [0.2, 0.25) is 5.91 Å². The maximum atomic E-state index is 12.7. The third-order valence-corrected chi connectivity index (χ3v) is 3.78. The van der Waals surface area contributed by atoms with Gasteiger partial charge in [0.05, 0.1) is 18.9 Å². The number of hydrogen-bond acceptors (Lipinski definition) is 4. The first-order valence-corrected chi connectivity index (χ1v) is 6.65. The summed E-state index contributed by atoms with van der Waals surface area (Å²) in [6.45, 7) is 1.30. The van der Waals surface area contributed by atoms with E-state index in [-0.39, 0.29) is 23.9 Å². The topological polar surface area (TPSA) is 55.3 Å². The van der Waals surface area contributed by atoms with E-state index in [9.17, 15) is 9.18 Å². The fraction of sp³-hybridized carbons (Fsp3) is 0.615. The minimum atomic E-state index is -0.486. The van der Waals surface area contributed by atoms with Crippen LogP contribution in [0.3, 0.4) is 0 Å². The Balaban J connectivity index is 1.54. The molecular formula is C13H16FN3O2. The van der Waals surface area contributed by atoms with Crippen LogP contribution >= 0.6 is 0 Å². The van der Waals surface area contributed by atoms with Crippen LogP contribution in [0.4, 0.5) is 4.39 Å². The van der Waals surface area contributed by atoms with E-state index in [0.29, 0.717) is 6.54 Å². The molecule has 19 heavy (non-hydrogen) atoms. The Labute approximate surface area is 110 Å². The van der Waals surface area contributed by atoms with Crippen LogP contribution in [0.2, 0.25) is 0 Å². The highest BCUT2D eigenvalue weighted by Gasteiger charge is 2.34. The number of aromatic nitrogens is 2. The highest BCUT2D eigenvalue weighted by Crippen LogP contribution is 2.29. The second-order valence-electron chi connectivity index (χ2n) is 5.12. The Morgan fingerprint density at radius 1 is 1.32 bits per heavy atom. The molecule has 0 bridgehead atoms. The van der Waals surface area contributed by atoms with Gasteiger partial charge in [0.1, 0.15) is 6.10 Å². The normalized spacial score (nSPS) is 23.2. The Morgan fingerprint density at radius 2 is 2.05 bits per heavy atom. The van der Waals surface area contributed by atoms with E-state index in [0.717, 1.165) is 44.6 Å². The third kappa shape index (κ3) is 2.67. The largest absolute Gasteiger partial charge is 0.458 e. The maximum absolute atomic E-state index is 12.7. The van der Waals surface area contributed by atoms with Crippen molar-refractivity contribution in [2.45, 2.75) is 31.8 Å². The molecular weight excluding hydrogens is 249 g/mol. The zero-order valence-electron chi connectivity index (χ0n) is 10.6. The summed E-state index contributed by atoms with van der Waals surface area (Å²) < 4.78 is 18.2. The molecule has 1 aromatic rings. The number of carbonyl (C=O) groups excluding carboxylic acids is 1. The molecule has 1 aliphatic heterocycles. The van der Waals surface area contributed by atoms with Gasteiger partial charge in [-0.15, -0.1) is 0 Å². The van der Waals surface area contributed by atoms with Gasteiger partial charge >= 0.3 is 6.01 Å². The minimum absolute atomic E-state index is 0.0884. The number of rotatable bonds is 3. The Kier molecular flexibility index (Phi) is 3.31. The monoisotopic (exact) mass is 265 g/mol. The second kappa shape index (κ2) is 5.11. The molecule has 0 radical (unpaired) electrons. The molecule has 0 N–H and O–H groups in total. The smallest absolute Gasteiger partial charge is 0.316 e. The summed E-state index contributed by atoms with van der Waals surface area (Å²) in [5, 5.41) is 0. The summed E-state index contributed by atoms with van der Waals surface area (Å²) >= 11 is 0. The molecule has 2 heterocycles. The number of amides is 1. The summed E-state index contributed by atoms with van der Waals surface area (Å²) in [7, 11) is 0. The predicted octanol–water partition coefficient (Wildman–Crippen LogP) is 1.40. The molecule has 2 aliphatic rings. The first kappa shape index (κ1) is 12.3. The summed E-state index contributed by atoms with van der Waals surface area (Å²) in [6.07, 6.45) is 6.04. The summed E-state index contributed by atoms with van der Waals surface area (Å²) in [5.41, 5.74) is 0. The Bertz CT molecular complexity index is 461. The van der Waals surface area contributed by atoms with E-state index in [1.54, 1.807) is 0 Å². The van der Waals surface area contributed by atoms with Crippen LogP contribution in [-0.4, -0.2) is 40.0 Å². The van der Waals surface area contributed by atoms with Crippen LogP contribution in [0.25, 0.3) is 0 Å². The van der Waals surface area contributed by atoms with Crippen molar-refractivity contribution in [2.75, 3.05) is 13.1 Å². The van der Waals surface area contributed by atoms with Gasteiger partial charge in [-0.25, -0.2) is 14.4 Å². The van der Waals surface area contributed by atoms with Crippen molar-refractivity contribution in [3.63, 3.8) is 0 Å². The summed E-state index contributed by atoms with van der Waals surface area (Å²) in [4.78, 5) is 21.4. The molecule has 0 spiro atoms. The molecule has 2 fully saturated rings. The van der Waals surface area contributed by atoms with Crippen LogP contribution in [0, 0.1) is 11.7 Å². The van der Waals surface area contributed by atoms with Crippen LogP contribution in [0.1, 0.15) is 25.7 Å². The van der Waals surface area contributed by atoms with E-state index in [1.807, 2.05) is 4.90 Å². The highest BCUT2D eigenvalue weighted by molar-refractivity contribution is 5.79. The van der Waals surface area contributed by atoms with Gasteiger partial charge < -0.3 is 9.64 Å². The van der Waals surface area contributed by atoms with Crippen molar-refractivity contribution < 1.29 is 13.9 Å². The molecule has 6 heteroatoms. The molecule has 5 nitrogen and oxygen atoms in total. The van der Waals surface area contributed by atoms with E-state index in [2.05, 4.69) is 9.97 Å². The van der Waals surface area contributed by atoms with Crippen molar-refractivity contribution in [2.24, 2.45) is 5.92 Å². The fourth-order valence-electron chi connectivity index (χ4n) is 2.45. The van der Waals surface area contributed by atoms with E-state index >= 15 is 0 Å². The van der Waals surface area contributed by atoms with Crippen LogP contribution < -0.4 is 4.74 Å². The lowest BCUT2D eigenvalue weighted by Gasteiger charge is -2.28. The maximum Gasteiger partial charge on any atom is 0.316 e. The minimum Gasteiger partial charge on any atom is -0.458 e. The lowest BCUT2D eigenvalue weighted by molar-refractivity contribution is -0.137. The number of halogens is 1. The summed E-state index contributed by atoms with van der Waals surface area (Å²) in [5.74, 6) is -0.0150. The molecule has 0 aromatic carbocycles. The molecule has 1 saturated heterocycles. The van der Waals surface area contributed by atoms with Gasteiger partial charge in [-0.1, -0.05) is 6.42 Å². The predicted molar refractivity (Wildman–Crippen MR) is 64.9 cm³/mol. The zero-order chi connectivity index (χ0) is 13.2. The fourth-order valence-corrected chi connectivity index (χ4v) is 2.45. The lowest BCUT2D eigenvalue weighted by atomic mass is 9.84. The first-order valence-electron chi connectivity index (χ1n) is 6.65. The van der Waals surface area contributed by atoms with Gasteiger partial charge in [0, 0.05) is 18.9 Å². The molecule has 1 atom stereocenters. The number of nitrogens with zero attached hydrogens (tertiary/aromatic N) is 3. The van der Waals surface area contributed by atoms with Gasteiger partial charge in [0.15, 0.2) is 5.82 Å². The lowest BCUT2D eigenvalue weighted by Crippen LogP contribution is -2.38. The molecule has 1 aromatic heterocycles. The quantitative estimate of drug-likeness (QED) is 0.829. The molecule has 3 rings (SSSR count). The highest BCUT2D eigenvalue weighted by atomic mass is 19.1. The average molecular weight is 265 g/mol. The average Bonchev–Trinajstić information content (AvgIpc) is 2.78. The molecule has 0 unspecified atom stereocenters. The molecule has 1 amide bonds. The first-order chi connectivity index (χ1) is 9.22. The van der Waals surface area contributed by atoms with Crippen LogP contribution in [0.15, 0.2) is 12.4 Å². The van der Waals surface area contributed by atoms with E-state index in [1.165, 1.54) is 0 Å². The van der Waals surface area contributed by atoms with Gasteiger partial charge in [-0.2, -0.15) is 0 Å². The molecule has 1 saturated carbocycles. The van der Waals surface area contributed by atoms with Gasteiger partial charge in [0.25, 0.3) is 0 Å². The van der Waals surface area contributed by atoms with Crippen LogP contribution in [0.5, 0.6) is 6.01 Å².